The van der Waals surface area contributed by atoms with Crippen LogP contribution in [0.25, 0.3) is 11.3 Å². The first-order valence-corrected chi connectivity index (χ1v) is 18.7. The van der Waals surface area contributed by atoms with Gasteiger partial charge in [-0.15, -0.1) is 0 Å². The van der Waals surface area contributed by atoms with Gasteiger partial charge in [0.15, 0.2) is 5.76 Å². The Kier molecular flexibility index (Phi) is 7.22. The Morgan fingerprint density at radius 1 is 0.941 bits per heavy atom. The highest BCUT2D eigenvalue weighted by Crippen LogP contribution is 2.78. The average molecular weight is 718 g/mol. The Balaban J connectivity index is 1.12. The van der Waals surface area contributed by atoms with Crippen LogP contribution in [0, 0.1) is 33.5 Å². The van der Waals surface area contributed by atoms with E-state index in [1.54, 1.807) is 0 Å². The van der Waals surface area contributed by atoms with Crippen molar-refractivity contribution in [3.63, 3.8) is 0 Å². The zero-order chi connectivity index (χ0) is 35.8. The number of hydrogen-bond acceptors (Lipinski definition) is 5. The molecule has 2 aromatic carbocycles. The van der Waals surface area contributed by atoms with Crippen molar-refractivity contribution < 1.29 is 32.6 Å². The second kappa shape index (κ2) is 10.9. The molecule has 10 rings (SSSR count). The van der Waals surface area contributed by atoms with Crippen LogP contribution >= 0.6 is 11.6 Å². The van der Waals surface area contributed by atoms with Gasteiger partial charge in [-0.3, -0.25) is 9.69 Å². The largest absolute Gasteiger partial charge is 0.453 e. The monoisotopic (exact) mass is 717 g/mol. The summed E-state index contributed by atoms with van der Waals surface area (Å²) in [6.45, 7) is 6.73. The van der Waals surface area contributed by atoms with Crippen LogP contribution in [0.5, 0.6) is 0 Å². The topological polar surface area (TPSA) is 73.9 Å². The van der Waals surface area contributed by atoms with Crippen LogP contribution in [0.4, 0.5) is 13.2 Å². The Hall–Kier alpha value is -3.17. The van der Waals surface area contributed by atoms with Crippen molar-refractivity contribution in [1.82, 2.24) is 4.90 Å². The molecular weight excluding hydrogens is 675 g/mol. The number of alkyl halides is 3. The molecule has 2 N–H and O–H groups in total. The molecule has 2 bridgehead atoms. The van der Waals surface area contributed by atoms with E-state index in [2.05, 4.69) is 61.2 Å². The summed E-state index contributed by atoms with van der Waals surface area (Å²) in [5, 5.41) is 23.9. The van der Waals surface area contributed by atoms with Gasteiger partial charge in [0.25, 0.3) is 0 Å². The zero-order valence-corrected chi connectivity index (χ0v) is 29.7. The van der Waals surface area contributed by atoms with E-state index in [-0.39, 0.29) is 45.1 Å². The van der Waals surface area contributed by atoms with Crippen molar-refractivity contribution in [2.45, 2.75) is 89.8 Å². The van der Waals surface area contributed by atoms with E-state index in [1.807, 2.05) is 0 Å². The fourth-order valence-corrected chi connectivity index (χ4v) is 12.3. The Morgan fingerprint density at radius 3 is 2.35 bits per heavy atom. The number of ketones is 1. The maximum Gasteiger partial charge on any atom is 0.416 e. The van der Waals surface area contributed by atoms with Gasteiger partial charge in [0.2, 0.25) is 5.78 Å². The molecule has 0 radical (unpaired) electrons. The van der Waals surface area contributed by atoms with Crippen LogP contribution in [0.1, 0.15) is 86.0 Å². The quantitative estimate of drug-likeness (QED) is 0.203. The van der Waals surface area contributed by atoms with Gasteiger partial charge in [0.1, 0.15) is 5.76 Å². The summed E-state index contributed by atoms with van der Waals surface area (Å²) in [6, 6.07) is 14.6. The lowest BCUT2D eigenvalue weighted by Crippen LogP contribution is -2.67. The molecule has 8 atom stereocenters. The number of furan rings is 1. The van der Waals surface area contributed by atoms with Crippen LogP contribution in [-0.4, -0.2) is 39.1 Å². The lowest BCUT2D eigenvalue weighted by atomic mass is 9.32. The van der Waals surface area contributed by atoms with E-state index in [0.29, 0.717) is 31.4 Å². The fourth-order valence-electron chi connectivity index (χ4n) is 12.1. The summed E-state index contributed by atoms with van der Waals surface area (Å²) in [7, 11) is 0. The number of rotatable bonds is 5. The summed E-state index contributed by atoms with van der Waals surface area (Å²) >= 11 is 6.37. The number of aliphatic hydroxyl groups excluding tert-OH is 1. The number of hydrogen-bond donors (Lipinski definition) is 2. The van der Waals surface area contributed by atoms with Crippen LogP contribution in [0.2, 0.25) is 5.02 Å². The highest BCUT2D eigenvalue weighted by atomic mass is 35.5. The van der Waals surface area contributed by atoms with E-state index in [4.69, 9.17) is 16.0 Å². The van der Waals surface area contributed by atoms with Crippen molar-refractivity contribution in [3.8, 4) is 11.3 Å². The molecule has 3 fully saturated rings. The van der Waals surface area contributed by atoms with Crippen molar-refractivity contribution >= 4 is 17.4 Å². The van der Waals surface area contributed by atoms with Gasteiger partial charge in [-0.05, 0) is 104 Å². The normalized spacial score (nSPS) is 38.2. The number of carbonyl (C=O) groups excluding carboxylic acids is 1. The second-order valence-electron chi connectivity index (χ2n) is 16.9. The van der Waals surface area contributed by atoms with Crippen LogP contribution in [0.3, 0.4) is 0 Å². The van der Waals surface area contributed by atoms with E-state index in [9.17, 15) is 28.2 Å². The summed E-state index contributed by atoms with van der Waals surface area (Å²) in [5.74, 6) is -0.0831. The molecule has 2 spiro atoms. The predicted molar refractivity (Wildman–Crippen MR) is 188 cm³/mol. The number of benzene rings is 2. The minimum Gasteiger partial charge on any atom is -0.453 e. The van der Waals surface area contributed by atoms with Crippen molar-refractivity contribution in [2.24, 2.45) is 33.5 Å². The number of Topliss-reactive ketones (excluding diaryl/α,β-unsaturated/α-hetero) is 1. The molecular formula is C42H43ClF3NO4. The number of halogens is 4. The molecule has 268 valence electrons. The van der Waals surface area contributed by atoms with Crippen molar-refractivity contribution in [1.29, 1.82) is 0 Å². The van der Waals surface area contributed by atoms with Crippen molar-refractivity contribution in [2.75, 3.05) is 6.54 Å². The van der Waals surface area contributed by atoms with Gasteiger partial charge < -0.3 is 14.6 Å². The lowest BCUT2D eigenvalue weighted by Gasteiger charge is -2.71. The van der Waals surface area contributed by atoms with Gasteiger partial charge in [0, 0.05) is 47.0 Å². The van der Waals surface area contributed by atoms with Crippen LogP contribution in [0.15, 0.2) is 82.8 Å². The molecule has 2 heterocycles. The minimum absolute atomic E-state index is 0.0282. The van der Waals surface area contributed by atoms with E-state index in [0.717, 1.165) is 50.9 Å². The number of carbonyl (C=O) groups is 1. The van der Waals surface area contributed by atoms with Crippen LogP contribution in [-0.2, 0) is 19.3 Å². The first kappa shape index (κ1) is 33.7. The SMILES string of the molecule is CC12CCC(O)CC13C=CC1(C(C(=O)c4ccc(-c5cc(C(F)(F)F)ccc5Cl)o4)=C3)C2CCC2(C)C1CCC2(O)CN1Cc2ccccc2C1. The summed E-state index contributed by atoms with van der Waals surface area (Å²) in [6.07, 6.45) is 6.71. The van der Waals surface area contributed by atoms with E-state index >= 15 is 0 Å². The van der Waals surface area contributed by atoms with Gasteiger partial charge in [-0.2, -0.15) is 13.2 Å². The lowest BCUT2D eigenvalue weighted by molar-refractivity contribution is -0.176. The summed E-state index contributed by atoms with van der Waals surface area (Å²) in [5.41, 5.74) is -0.393. The number of β-amino-alcohol motifs (C(OH)–C–C–N with tert-alkyl or cyclic N) is 1. The summed E-state index contributed by atoms with van der Waals surface area (Å²) < 4.78 is 47.0. The molecule has 0 saturated heterocycles. The van der Waals surface area contributed by atoms with Gasteiger partial charge in [-0.25, -0.2) is 0 Å². The number of allylic oxidation sites excluding steroid dienone is 4. The smallest absolute Gasteiger partial charge is 0.416 e. The Morgan fingerprint density at radius 2 is 1.63 bits per heavy atom. The fraction of sp³-hybridized carbons (Fsp3) is 0.500. The number of fused-ring (bicyclic) bond motifs is 2. The number of aliphatic hydroxyl groups is 2. The molecule has 9 heteroatoms. The van der Waals surface area contributed by atoms with E-state index in [1.165, 1.54) is 29.3 Å². The highest BCUT2D eigenvalue weighted by Gasteiger charge is 2.74. The molecule has 3 saturated carbocycles. The average Bonchev–Trinajstić information content (AvgIpc) is 3.80. The maximum atomic E-state index is 15.0. The molecule has 6 aliphatic carbocycles. The second-order valence-corrected chi connectivity index (χ2v) is 17.3. The van der Waals surface area contributed by atoms with E-state index < -0.39 is 39.7 Å². The molecule has 7 aliphatic rings. The predicted octanol–water partition coefficient (Wildman–Crippen LogP) is 9.41. The zero-order valence-electron chi connectivity index (χ0n) is 28.9. The molecule has 0 amide bonds. The molecule has 3 aromatic rings. The highest BCUT2D eigenvalue weighted by molar-refractivity contribution is 6.33. The third kappa shape index (κ3) is 4.55. The molecule has 5 nitrogen and oxygen atoms in total. The standard InChI is InChI=1S/C42H43ClF3NO4/c1-37-14-11-28(48)20-39(37)17-18-41(30(21-39)36(49)33-10-9-32(51-33)29-19-27(42(44,45)46)7-8-31(29)43)34(37)12-15-38(2)35(41)13-16-40(38,50)24-47-22-25-5-3-4-6-26(25)23-47/h3-10,17-19,21,28,34-35,48,50H,11-16,20,22-24H2,1-2H3. The molecule has 8 unspecified atom stereocenters. The van der Waals surface area contributed by atoms with Crippen LogP contribution < -0.4 is 0 Å². The third-order valence-electron chi connectivity index (χ3n) is 14.7. The first-order valence-electron chi connectivity index (χ1n) is 18.3. The Labute approximate surface area is 301 Å². The summed E-state index contributed by atoms with van der Waals surface area (Å²) in [4.78, 5) is 17.3. The van der Waals surface area contributed by atoms with Crippen molar-refractivity contribution in [3.05, 3.63) is 106 Å². The Bertz CT molecular complexity index is 1990. The van der Waals surface area contributed by atoms with Gasteiger partial charge in [-0.1, -0.05) is 67.9 Å². The molecule has 51 heavy (non-hydrogen) atoms. The molecule has 1 aromatic heterocycles. The third-order valence-corrected chi connectivity index (χ3v) is 15.1. The minimum atomic E-state index is -4.57. The number of nitrogens with zero attached hydrogens (tertiary/aromatic N) is 1. The maximum absolute atomic E-state index is 15.0. The van der Waals surface area contributed by atoms with Gasteiger partial charge in [0.05, 0.1) is 22.3 Å². The first-order chi connectivity index (χ1) is 24.1. The molecule has 1 aliphatic heterocycles. The van der Waals surface area contributed by atoms with Gasteiger partial charge >= 0.3 is 6.18 Å².